The highest BCUT2D eigenvalue weighted by Crippen LogP contribution is 2.24. The van der Waals surface area contributed by atoms with Crippen LogP contribution in [-0.4, -0.2) is 42.9 Å². The number of hydrogen-bond donors (Lipinski definition) is 1. The van der Waals surface area contributed by atoms with Gasteiger partial charge in [0, 0.05) is 44.7 Å². The van der Waals surface area contributed by atoms with E-state index >= 15 is 0 Å². The third-order valence-electron chi connectivity index (χ3n) is 4.07. The van der Waals surface area contributed by atoms with Crippen LogP contribution in [-0.2, 0) is 4.84 Å². The van der Waals surface area contributed by atoms with Gasteiger partial charge in [-0.15, -0.1) is 4.91 Å². The van der Waals surface area contributed by atoms with Gasteiger partial charge in [-0.25, -0.2) is 0 Å². The molecule has 6 nitrogen and oxygen atoms in total. The Hall–Kier alpha value is -2.21. The van der Waals surface area contributed by atoms with E-state index in [9.17, 15) is 4.91 Å². The number of nitrogens with zero attached hydrogens (tertiary/aromatic N) is 3. The molecule has 0 radical (unpaired) electrons. The van der Waals surface area contributed by atoms with Crippen LogP contribution in [0.1, 0.15) is 18.4 Å². The van der Waals surface area contributed by atoms with Gasteiger partial charge in [0.05, 0.1) is 5.71 Å². The molecule has 6 heteroatoms. The minimum Gasteiger partial charge on any atom is -0.391 e. The maximum Gasteiger partial charge on any atom is 0.138 e. The van der Waals surface area contributed by atoms with Crippen LogP contribution in [0.25, 0.3) is 0 Å². The topological polar surface area (TPSA) is 66.3 Å². The second-order valence-corrected chi connectivity index (χ2v) is 5.62. The summed E-state index contributed by atoms with van der Waals surface area (Å²) in [5.41, 5.74) is 3.42. The van der Waals surface area contributed by atoms with Gasteiger partial charge in [0.2, 0.25) is 0 Å². The minimum atomic E-state index is 0.0428. The summed E-state index contributed by atoms with van der Waals surface area (Å²) in [6.07, 6.45) is 1.60. The fourth-order valence-corrected chi connectivity index (χ4v) is 2.80. The fraction of sp³-hybridized carbons (Fsp3) is 0.438. The molecule has 1 aromatic carbocycles. The van der Waals surface area contributed by atoms with Crippen LogP contribution in [0, 0.1) is 4.91 Å². The van der Waals surface area contributed by atoms with Gasteiger partial charge in [-0.1, -0.05) is 23.9 Å². The molecule has 1 unspecified atom stereocenters. The molecule has 1 fully saturated rings. The first kappa shape index (κ1) is 14.7. The molecule has 2 aliphatic rings. The van der Waals surface area contributed by atoms with Gasteiger partial charge in [0.15, 0.2) is 0 Å². The van der Waals surface area contributed by atoms with E-state index in [1.165, 1.54) is 0 Å². The summed E-state index contributed by atoms with van der Waals surface area (Å²) in [6.45, 7) is 8.19. The van der Waals surface area contributed by atoms with E-state index in [1.807, 2.05) is 12.1 Å². The molecule has 2 aliphatic heterocycles. The van der Waals surface area contributed by atoms with Gasteiger partial charge in [-0.05, 0) is 22.9 Å². The molecule has 1 saturated heterocycles. The highest BCUT2D eigenvalue weighted by atomic mass is 16.6. The summed E-state index contributed by atoms with van der Waals surface area (Å²) < 4.78 is 0. The summed E-state index contributed by atoms with van der Waals surface area (Å²) in [4.78, 5) is 18.3. The number of oxime groups is 1. The van der Waals surface area contributed by atoms with E-state index in [4.69, 9.17) is 4.84 Å². The first-order valence-corrected chi connectivity index (χ1v) is 7.56. The van der Waals surface area contributed by atoms with Crippen molar-refractivity contribution >= 4 is 11.4 Å². The SMILES string of the molecule is C=C(CC1CC(c2ccc(N=O)cc2)=NO1)N1CCNCC1. The third kappa shape index (κ3) is 3.33. The molecule has 22 heavy (non-hydrogen) atoms. The Morgan fingerprint density at radius 3 is 2.77 bits per heavy atom. The van der Waals surface area contributed by atoms with Crippen molar-refractivity contribution in [3.8, 4) is 0 Å². The van der Waals surface area contributed by atoms with Crippen LogP contribution in [0.5, 0.6) is 0 Å². The number of nitrogens with one attached hydrogen (secondary N) is 1. The van der Waals surface area contributed by atoms with Crippen molar-refractivity contribution < 1.29 is 4.84 Å². The molecule has 116 valence electrons. The molecule has 3 rings (SSSR count). The van der Waals surface area contributed by atoms with Crippen LogP contribution in [0.2, 0.25) is 0 Å². The van der Waals surface area contributed by atoms with Crippen molar-refractivity contribution in [2.75, 3.05) is 26.2 Å². The Morgan fingerprint density at radius 1 is 1.36 bits per heavy atom. The monoisotopic (exact) mass is 300 g/mol. The summed E-state index contributed by atoms with van der Waals surface area (Å²) in [7, 11) is 0. The second kappa shape index (κ2) is 6.70. The van der Waals surface area contributed by atoms with Gasteiger partial charge >= 0.3 is 0 Å². The zero-order chi connectivity index (χ0) is 15.4. The third-order valence-corrected chi connectivity index (χ3v) is 4.07. The lowest BCUT2D eigenvalue weighted by Crippen LogP contribution is -2.43. The fourth-order valence-electron chi connectivity index (χ4n) is 2.80. The van der Waals surface area contributed by atoms with E-state index in [1.54, 1.807) is 12.1 Å². The van der Waals surface area contributed by atoms with E-state index in [0.29, 0.717) is 5.69 Å². The number of piperazine rings is 1. The Morgan fingerprint density at radius 2 is 2.09 bits per heavy atom. The molecular weight excluding hydrogens is 280 g/mol. The summed E-state index contributed by atoms with van der Waals surface area (Å²) in [5.74, 6) is 0. The number of hydrogen-bond acceptors (Lipinski definition) is 6. The lowest BCUT2D eigenvalue weighted by molar-refractivity contribution is 0.0791. The smallest absolute Gasteiger partial charge is 0.138 e. The van der Waals surface area contributed by atoms with Crippen molar-refractivity contribution in [2.45, 2.75) is 18.9 Å². The lowest BCUT2D eigenvalue weighted by Gasteiger charge is -2.31. The molecule has 0 aliphatic carbocycles. The van der Waals surface area contributed by atoms with Crippen LogP contribution >= 0.6 is 0 Å². The first-order valence-electron chi connectivity index (χ1n) is 7.56. The van der Waals surface area contributed by atoms with Crippen LogP contribution < -0.4 is 5.32 Å². The average molecular weight is 300 g/mol. The highest BCUT2D eigenvalue weighted by Gasteiger charge is 2.24. The molecule has 0 spiro atoms. The maximum atomic E-state index is 10.4. The number of rotatable bonds is 5. The summed E-state index contributed by atoms with van der Waals surface area (Å²) >= 11 is 0. The second-order valence-electron chi connectivity index (χ2n) is 5.62. The standard InChI is InChI=1S/C16H20N4O2/c1-12(20-8-6-17-7-9-20)10-15-11-16(19-22-15)13-2-4-14(18-21)5-3-13/h2-5,15,17H,1,6-11H2. The molecule has 0 amide bonds. The Labute approximate surface area is 129 Å². The van der Waals surface area contributed by atoms with E-state index in [-0.39, 0.29) is 6.10 Å². The van der Waals surface area contributed by atoms with Crippen LogP contribution in [0.3, 0.4) is 0 Å². The lowest BCUT2D eigenvalue weighted by atomic mass is 10.0. The molecule has 0 saturated carbocycles. The molecular formula is C16H20N4O2. The molecule has 1 N–H and O–H groups in total. The van der Waals surface area contributed by atoms with Gasteiger partial charge in [0.1, 0.15) is 11.8 Å². The van der Waals surface area contributed by atoms with Gasteiger partial charge in [-0.2, -0.15) is 0 Å². The predicted octanol–water partition coefficient (Wildman–Crippen LogP) is 2.39. The maximum absolute atomic E-state index is 10.4. The zero-order valence-corrected chi connectivity index (χ0v) is 12.5. The largest absolute Gasteiger partial charge is 0.391 e. The summed E-state index contributed by atoms with van der Waals surface area (Å²) in [6, 6.07) is 7.09. The number of benzene rings is 1. The van der Waals surface area contributed by atoms with Gasteiger partial charge < -0.3 is 15.1 Å². The minimum absolute atomic E-state index is 0.0428. The predicted molar refractivity (Wildman–Crippen MR) is 86.1 cm³/mol. The molecule has 2 heterocycles. The van der Waals surface area contributed by atoms with Crippen molar-refractivity contribution in [1.82, 2.24) is 10.2 Å². The van der Waals surface area contributed by atoms with Crippen molar-refractivity contribution in [3.05, 3.63) is 47.0 Å². The Bertz CT molecular complexity index is 576. The van der Waals surface area contributed by atoms with Crippen LogP contribution in [0.4, 0.5) is 5.69 Å². The Kier molecular flexibility index (Phi) is 4.48. The quantitative estimate of drug-likeness (QED) is 0.848. The van der Waals surface area contributed by atoms with Crippen molar-refractivity contribution in [1.29, 1.82) is 0 Å². The normalized spacial score (nSPS) is 21.2. The van der Waals surface area contributed by atoms with Gasteiger partial charge in [0.25, 0.3) is 0 Å². The van der Waals surface area contributed by atoms with E-state index in [2.05, 4.69) is 27.1 Å². The zero-order valence-electron chi connectivity index (χ0n) is 12.5. The summed E-state index contributed by atoms with van der Waals surface area (Å²) in [5, 5.41) is 10.4. The van der Waals surface area contributed by atoms with E-state index in [0.717, 1.165) is 56.0 Å². The molecule has 0 bridgehead atoms. The van der Waals surface area contributed by atoms with Gasteiger partial charge in [-0.3, -0.25) is 0 Å². The van der Waals surface area contributed by atoms with Crippen molar-refractivity contribution in [3.63, 3.8) is 0 Å². The molecule has 1 aromatic rings. The Balaban J connectivity index is 1.54. The molecule has 0 aromatic heterocycles. The van der Waals surface area contributed by atoms with Crippen molar-refractivity contribution in [2.24, 2.45) is 10.3 Å². The van der Waals surface area contributed by atoms with Crippen LogP contribution in [0.15, 0.2) is 46.9 Å². The molecule has 1 atom stereocenters. The highest BCUT2D eigenvalue weighted by molar-refractivity contribution is 6.01. The number of nitroso groups, excluding NO2 is 1. The van der Waals surface area contributed by atoms with E-state index < -0.39 is 0 Å². The first-order chi connectivity index (χ1) is 10.8. The average Bonchev–Trinajstić information content (AvgIpc) is 3.04.